The highest BCUT2D eigenvalue weighted by atomic mass is 79.9. The van der Waals surface area contributed by atoms with Gasteiger partial charge in [-0.25, -0.2) is 0 Å². The monoisotopic (exact) mass is 640 g/mol. The maximum atomic E-state index is 14.2. The molecule has 0 spiro atoms. The van der Waals surface area contributed by atoms with Crippen LogP contribution in [0.3, 0.4) is 0 Å². The lowest BCUT2D eigenvalue weighted by molar-refractivity contribution is -0.217. The molecule has 0 saturated heterocycles. The maximum Gasteiger partial charge on any atom is 0.313 e. The summed E-state index contributed by atoms with van der Waals surface area (Å²) in [7, 11) is 0. The van der Waals surface area contributed by atoms with Crippen LogP contribution in [0.5, 0.6) is 0 Å². The summed E-state index contributed by atoms with van der Waals surface area (Å²) in [6, 6.07) is 8.07. The molecule has 6 rings (SSSR count). The second-order valence-electron chi connectivity index (χ2n) is 16.8. The second-order valence-corrected chi connectivity index (χ2v) is 17.7. The van der Waals surface area contributed by atoms with Crippen LogP contribution in [0.15, 0.2) is 40.4 Å². The molecule has 0 heterocycles. The number of rotatable bonds is 4. The van der Waals surface area contributed by atoms with Gasteiger partial charge in [0.15, 0.2) is 0 Å². The van der Waals surface area contributed by atoms with Gasteiger partial charge in [0.05, 0.1) is 18.1 Å². The standard InChI is InChI=1S/C37H53BrO4/c1-32(2)16-18-37(31(41)42-22-24-8-7-9-25(38)20-24)19-17-35(5)26(27(37)21-32)10-11-29-33(3)14-13-30(40)34(4,23-39)28(33)12-15-36(29,35)6/h7-10,20,27-30,39-40H,11-19,21-23H2,1-6H3/t27-,28+,29+,30-,33-,34-,35+,36+,37-/m0/s1. The summed E-state index contributed by atoms with van der Waals surface area (Å²) in [6.45, 7) is 14.9. The van der Waals surface area contributed by atoms with Gasteiger partial charge in [0.25, 0.3) is 0 Å². The third-order valence-electron chi connectivity index (χ3n) is 14.4. The van der Waals surface area contributed by atoms with E-state index in [0.29, 0.717) is 18.4 Å². The van der Waals surface area contributed by atoms with E-state index >= 15 is 0 Å². The summed E-state index contributed by atoms with van der Waals surface area (Å²) in [4.78, 5) is 14.2. The molecule has 1 aromatic rings. The fourth-order valence-electron chi connectivity index (χ4n) is 11.6. The summed E-state index contributed by atoms with van der Waals surface area (Å²) >= 11 is 3.55. The Bertz CT molecular complexity index is 1270. The number of hydrogen-bond donors (Lipinski definition) is 2. The fraction of sp³-hybridized carbons (Fsp3) is 0.757. The third-order valence-corrected chi connectivity index (χ3v) is 14.9. The summed E-state index contributed by atoms with van der Waals surface area (Å²) in [5.41, 5.74) is 2.11. The van der Waals surface area contributed by atoms with Crippen LogP contribution in [0.4, 0.5) is 0 Å². The molecule has 5 heteroatoms. The Morgan fingerprint density at radius 1 is 0.976 bits per heavy atom. The van der Waals surface area contributed by atoms with Crippen molar-refractivity contribution in [2.75, 3.05) is 6.61 Å². The van der Waals surface area contributed by atoms with Crippen molar-refractivity contribution in [3.8, 4) is 0 Å². The number of allylic oxidation sites excluding steroid dienone is 2. The maximum absolute atomic E-state index is 14.2. The molecule has 42 heavy (non-hydrogen) atoms. The molecule has 0 aliphatic heterocycles. The van der Waals surface area contributed by atoms with Crippen molar-refractivity contribution in [3.63, 3.8) is 0 Å². The van der Waals surface area contributed by atoms with Gasteiger partial charge >= 0.3 is 5.97 Å². The molecule has 4 saturated carbocycles. The summed E-state index contributed by atoms with van der Waals surface area (Å²) in [5, 5.41) is 21.6. The van der Waals surface area contributed by atoms with E-state index in [-0.39, 0.29) is 40.2 Å². The number of aliphatic hydroxyl groups is 2. The van der Waals surface area contributed by atoms with E-state index in [2.05, 4.69) is 63.5 Å². The first-order valence-corrected chi connectivity index (χ1v) is 17.4. The number of carbonyl (C=O) groups excluding carboxylic acids is 1. The van der Waals surface area contributed by atoms with E-state index in [4.69, 9.17) is 4.74 Å². The average Bonchev–Trinajstić information content (AvgIpc) is 2.94. The molecule has 2 N–H and O–H groups in total. The smallest absolute Gasteiger partial charge is 0.313 e. The molecule has 4 nitrogen and oxygen atoms in total. The molecule has 9 atom stereocenters. The van der Waals surface area contributed by atoms with Crippen LogP contribution in [0, 0.1) is 50.2 Å². The van der Waals surface area contributed by atoms with Crippen molar-refractivity contribution in [1.82, 2.24) is 0 Å². The van der Waals surface area contributed by atoms with Crippen LogP contribution >= 0.6 is 15.9 Å². The lowest BCUT2D eigenvalue weighted by Gasteiger charge is -2.71. The largest absolute Gasteiger partial charge is 0.460 e. The van der Waals surface area contributed by atoms with Gasteiger partial charge in [-0.3, -0.25) is 4.79 Å². The van der Waals surface area contributed by atoms with Crippen molar-refractivity contribution in [2.45, 2.75) is 118 Å². The second kappa shape index (κ2) is 10.2. The van der Waals surface area contributed by atoms with E-state index in [1.807, 2.05) is 24.3 Å². The summed E-state index contributed by atoms with van der Waals surface area (Å²) in [5.74, 6) is 1.05. The number of esters is 1. The van der Waals surface area contributed by atoms with Crippen LogP contribution in [0.1, 0.15) is 111 Å². The Labute approximate surface area is 262 Å². The average molecular weight is 642 g/mol. The van der Waals surface area contributed by atoms with Gasteiger partial charge in [-0.15, -0.1) is 0 Å². The third kappa shape index (κ3) is 4.29. The number of hydrogen-bond acceptors (Lipinski definition) is 4. The predicted molar refractivity (Wildman–Crippen MR) is 170 cm³/mol. The van der Waals surface area contributed by atoms with Gasteiger partial charge in [0.1, 0.15) is 6.61 Å². The summed E-state index contributed by atoms with van der Waals surface area (Å²) < 4.78 is 7.20. The number of ether oxygens (including phenoxy) is 1. The van der Waals surface area contributed by atoms with Crippen LogP contribution in [-0.4, -0.2) is 28.9 Å². The van der Waals surface area contributed by atoms with Crippen molar-refractivity contribution >= 4 is 21.9 Å². The predicted octanol–water partition coefficient (Wildman–Crippen LogP) is 8.63. The Hall–Kier alpha value is -1.17. The molecule has 1 aromatic carbocycles. The molecule has 4 fully saturated rings. The van der Waals surface area contributed by atoms with Gasteiger partial charge in [-0.2, -0.15) is 0 Å². The van der Waals surface area contributed by atoms with E-state index in [0.717, 1.165) is 74.2 Å². The van der Waals surface area contributed by atoms with Crippen molar-refractivity contribution in [2.24, 2.45) is 50.2 Å². The molecule has 5 aliphatic rings. The molecule has 5 aliphatic carbocycles. The minimum absolute atomic E-state index is 0.00820. The van der Waals surface area contributed by atoms with Crippen LogP contribution in [-0.2, 0) is 16.1 Å². The Kier molecular flexibility index (Phi) is 7.47. The number of fused-ring (bicyclic) bond motifs is 7. The van der Waals surface area contributed by atoms with Crippen molar-refractivity contribution in [3.05, 3.63) is 46.0 Å². The van der Waals surface area contributed by atoms with Crippen LogP contribution in [0.25, 0.3) is 0 Å². The topological polar surface area (TPSA) is 66.8 Å². The lowest BCUT2D eigenvalue weighted by atomic mass is 9.33. The quantitative estimate of drug-likeness (QED) is 0.255. The molecule has 0 bridgehead atoms. The number of carbonyl (C=O) groups is 1. The van der Waals surface area contributed by atoms with Gasteiger partial charge in [0.2, 0.25) is 0 Å². The van der Waals surface area contributed by atoms with Crippen molar-refractivity contribution in [1.29, 1.82) is 0 Å². The highest BCUT2D eigenvalue weighted by Crippen LogP contribution is 2.75. The number of benzene rings is 1. The zero-order valence-corrected chi connectivity index (χ0v) is 28.4. The first-order valence-electron chi connectivity index (χ1n) is 16.6. The first kappa shape index (κ1) is 30.8. The van der Waals surface area contributed by atoms with Gasteiger partial charge < -0.3 is 14.9 Å². The van der Waals surface area contributed by atoms with E-state index < -0.39 is 16.9 Å². The number of aliphatic hydroxyl groups excluding tert-OH is 2. The molecule has 0 radical (unpaired) electrons. The van der Waals surface area contributed by atoms with E-state index in [1.165, 1.54) is 0 Å². The Balaban J connectivity index is 1.36. The van der Waals surface area contributed by atoms with E-state index in [9.17, 15) is 15.0 Å². The summed E-state index contributed by atoms with van der Waals surface area (Å²) in [6.07, 6.45) is 12.1. The van der Waals surface area contributed by atoms with Gasteiger partial charge in [-0.05, 0) is 121 Å². The highest BCUT2D eigenvalue weighted by Gasteiger charge is 2.69. The molecule has 0 unspecified atom stereocenters. The highest BCUT2D eigenvalue weighted by molar-refractivity contribution is 9.10. The molecule has 0 aromatic heterocycles. The normalized spacial score (nSPS) is 45.9. The Morgan fingerprint density at radius 2 is 1.71 bits per heavy atom. The fourth-order valence-corrected chi connectivity index (χ4v) is 12.0. The minimum atomic E-state index is -0.443. The van der Waals surface area contributed by atoms with Gasteiger partial charge in [-0.1, -0.05) is 81.3 Å². The number of halogens is 1. The minimum Gasteiger partial charge on any atom is -0.460 e. The van der Waals surface area contributed by atoms with Crippen molar-refractivity contribution < 1.29 is 19.7 Å². The van der Waals surface area contributed by atoms with Crippen LogP contribution in [0.2, 0.25) is 0 Å². The zero-order chi connectivity index (χ0) is 30.3. The van der Waals surface area contributed by atoms with Crippen LogP contribution < -0.4 is 0 Å². The zero-order valence-electron chi connectivity index (χ0n) is 26.8. The lowest BCUT2D eigenvalue weighted by Crippen LogP contribution is -2.66. The van der Waals surface area contributed by atoms with Gasteiger partial charge in [0, 0.05) is 9.89 Å². The van der Waals surface area contributed by atoms with E-state index in [1.54, 1.807) is 5.57 Å². The first-order chi connectivity index (χ1) is 19.7. The molecular weight excluding hydrogens is 588 g/mol. The Morgan fingerprint density at radius 3 is 2.43 bits per heavy atom. The molecule has 232 valence electrons. The molecule has 0 amide bonds. The molecular formula is C37H53BrO4. The SMILES string of the molecule is CC1(C)CC[C@]2(C(=O)OCc3cccc(Br)c3)CC[C@]3(C)C(=CC[C@@H]4[C@@]5(C)CC[C@H](O)[C@@](C)(CO)[C@@H]5CC[C@]43C)[C@@H]2C1.